The fourth-order valence-corrected chi connectivity index (χ4v) is 7.21. The van der Waals surface area contributed by atoms with Gasteiger partial charge in [-0.1, -0.05) is 41.4 Å². The van der Waals surface area contributed by atoms with Crippen LogP contribution in [0, 0.1) is 6.08 Å². The van der Waals surface area contributed by atoms with Crippen LogP contribution < -0.4 is 10.2 Å². The Labute approximate surface area is 310 Å². The number of rotatable bonds is 17. The number of phenols is 1. The Morgan fingerprint density at radius 1 is 0.870 bits per heavy atom. The highest BCUT2D eigenvalue weighted by atomic mass is 32.3. The summed E-state index contributed by atoms with van der Waals surface area (Å²) in [6.07, 6.45) is -1.25. The first-order valence-electron chi connectivity index (χ1n) is 14.8. The maximum atomic E-state index is 14.9. The largest absolute Gasteiger partial charge is 0.505 e. The van der Waals surface area contributed by atoms with Crippen molar-refractivity contribution in [3.05, 3.63) is 84.9 Å². The van der Waals surface area contributed by atoms with Crippen molar-refractivity contribution in [3.63, 3.8) is 0 Å². The third-order valence-electron chi connectivity index (χ3n) is 7.02. The average molecular weight is 828 g/mol. The van der Waals surface area contributed by atoms with Crippen LogP contribution in [0.25, 0.3) is 10.8 Å². The number of benzene rings is 4. The number of sulfone groups is 1. The second kappa shape index (κ2) is 17.0. The zero-order valence-electron chi connectivity index (χ0n) is 27.0. The molecule has 0 spiro atoms. The van der Waals surface area contributed by atoms with Crippen molar-refractivity contribution in [2.75, 3.05) is 34.9 Å². The average Bonchev–Trinajstić information content (AvgIpc) is 3.10. The monoisotopic (exact) mass is 827 g/mol. The second-order valence-corrected chi connectivity index (χ2v) is 16.1. The molecule has 1 heterocycles. The highest BCUT2D eigenvalue weighted by Crippen LogP contribution is 2.45. The molecule has 0 unspecified atom stereocenters. The van der Waals surface area contributed by atoms with E-state index in [9.17, 15) is 39.3 Å². The van der Waals surface area contributed by atoms with Gasteiger partial charge in [-0.15, -0.1) is 14.6 Å². The summed E-state index contributed by atoms with van der Waals surface area (Å²) < 4.78 is 112. The fourth-order valence-electron chi connectivity index (χ4n) is 4.69. The van der Waals surface area contributed by atoms with Crippen molar-refractivity contribution in [2.45, 2.75) is 9.79 Å². The van der Waals surface area contributed by atoms with E-state index in [1.165, 1.54) is 47.4 Å². The number of para-hydroxylation sites is 1. The van der Waals surface area contributed by atoms with Gasteiger partial charge in [-0.2, -0.15) is 36.2 Å². The number of hydrogen-bond donors (Lipinski definition) is 5. The molecule has 1 aromatic heterocycles. The number of aromatic hydroxyl groups is 1. The number of nitrogens with one attached hydrogen (secondary N) is 1. The van der Waals surface area contributed by atoms with Gasteiger partial charge in [0.25, 0.3) is 10.1 Å². The van der Waals surface area contributed by atoms with Crippen LogP contribution in [0.2, 0.25) is 0 Å². The van der Waals surface area contributed by atoms with Crippen LogP contribution >= 0.6 is 12.0 Å². The number of aromatic nitrogens is 3. The van der Waals surface area contributed by atoms with E-state index < -0.39 is 65.2 Å². The van der Waals surface area contributed by atoms with Gasteiger partial charge in [0.05, 0.1) is 35.1 Å². The molecule has 5 aromatic rings. The Hall–Kier alpha value is -4.96. The molecule has 0 aliphatic carbocycles. The van der Waals surface area contributed by atoms with Crippen LogP contribution in [0.15, 0.2) is 98.9 Å². The smallest absolute Gasteiger partial charge is 0.397 e. The van der Waals surface area contributed by atoms with Gasteiger partial charge >= 0.3 is 16.5 Å². The van der Waals surface area contributed by atoms with E-state index in [0.29, 0.717) is 23.1 Å². The molecule has 0 aliphatic rings. The molecular weight excluding hydrogens is 802 g/mol. The molecule has 54 heavy (non-hydrogen) atoms. The maximum absolute atomic E-state index is 14.9. The van der Waals surface area contributed by atoms with Crippen molar-refractivity contribution in [2.24, 2.45) is 10.2 Å². The highest BCUT2D eigenvalue weighted by molar-refractivity contribution is 7.94. The minimum atomic E-state index is -4.86. The molecule has 0 saturated carbocycles. The summed E-state index contributed by atoms with van der Waals surface area (Å²) in [6.45, 7) is -1.16. The zero-order valence-corrected chi connectivity index (χ0v) is 30.3. The predicted octanol–water partition coefficient (Wildman–Crippen LogP) is 5.08. The first-order chi connectivity index (χ1) is 25.5. The van der Waals surface area contributed by atoms with Gasteiger partial charge in [0.1, 0.15) is 16.3 Å². The molecular formula is C29H26FN7O13S4. The summed E-state index contributed by atoms with van der Waals surface area (Å²) in [5.41, 5.74) is 0.000651. The number of fused-ring (bicyclic) bond motifs is 1. The zero-order chi connectivity index (χ0) is 39.1. The normalized spacial score (nSPS) is 12.4. The number of halogens is 1. The first-order valence-corrected chi connectivity index (χ1v) is 20.2. The van der Waals surface area contributed by atoms with Crippen LogP contribution in [0.3, 0.4) is 0 Å². The van der Waals surface area contributed by atoms with Crippen molar-refractivity contribution in [1.29, 1.82) is 0 Å². The van der Waals surface area contributed by atoms with Crippen LogP contribution in [0.1, 0.15) is 0 Å². The minimum absolute atomic E-state index is 0.0426. The molecule has 0 atom stereocenters. The van der Waals surface area contributed by atoms with E-state index >= 15 is 0 Å². The lowest BCUT2D eigenvalue weighted by atomic mass is 10.1. The van der Waals surface area contributed by atoms with Crippen LogP contribution in [0.4, 0.5) is 39.0 Å². The van der Waals surface area contributed by atoms with E-state index in [-0.39, 0.29) is 45.8 Å². The van der Waals surface area contributed by atoms with Crippen molar-refractivity contribution in [3.8, 4) is 5.75 Å². The number of nitrogens with zero attached hydrogens (tertiary/aromatic N) is 6. The predicted molar refractivity (Wildman–Crippen MR) is 189 cm³/mol. The van der Waals surface area contributed by atoms with E-state index in [0.717, 1.165) is 6.07 Å². The molecule has 0 bridgehead atoms. The van der Waals surface area contributed by atoms with E-state index in [2.05, 4.69) is 44.1 Å². The molecule has 286 valence electrons. The maximum Gasteiger partial charge on any atom is 0.397 e. The third kappa shape index (κ3) is 10.8. The lowest BCUT2D eigenvalue weighted by molar-refractivity contribution is -0.432. The molecule has 0 saturated heterocycles. The Morgan fingerprint density at radius 2 is 1.59 bits per heavy atom. The minimum Gasteiger partial charge on any atom is -0.505 e. The van der Waals surface area contributed by atoms with Crippen molar-refractivity contribution < 1.29 is 62.7 Å². The molecule has 20 nitrogen and oxygen atoms in total. The van der Waals surface area contributed by atoms with Gasteiger partial charge < -0.3 is 15.3 Å². The van der Waals surface area contributed by atoms with E-state index in [1.807, 2.05) is 0 Å². The summed E-state index contributed by atoms with van der Waals surface area (Å²) in [6, 6.07) is 19.1. The van der Waals surface area contributed by atoms with Gasteiger partial charge in [0.15, 0.2) is 15.6 Å². The van der Waals surface area contributed by atoms with Crippen LogP contribution in [-0.2, 0) is 43.9 Å². The fraction of sp³-hybridized carbons (Fsp3) is 0.138. The summed E-state index contributed by atoms with van der Waals surface area (Å²) in [5.74, 6) is -2.53. The van der Waals surface area contributed by atoms with Crippen molar-refractivity contribution in [1.82, 2.24) is 15.0 Å². The molecule has 5 N–H and O–H groups in total. The summed E-state index contributed by atoms with van der Waals surface area (Å²) >= 11 is 0.421. The first kappa shape index (κ1) is 40.2. The van der Waals surface area contributed by atoms with Crippen molar-refractivity contribution >= 4 is 87.8 Å². The number of hydrogen-bond acceptors (Lipinski definition) is 19. The lowest BCUT2D eigenvalue weighted by Gasteiger charge is -2.23. The molecule has 0 fully saturated rings. The number of anilines is 4. The Kier molecular flexibility index (Phi) is 12.7. The molecule has 4 aromatic carbocycles. The van der Waals surface area contributed by atoms with Crippen LogP contribution in [-0.4, -0.2) is 84.3 Å². The number of azo groups is 1. The summed E-state index contributed by atoms with van der Waals surface area (Å²) in [5, 5.41) is 34.8. The van der Waals surface area contributed by atoms with Crippen LogP contribution in [0.5, 0.6) is 5.75 Å². The molecule has 5 rings (SSSR count). The quantitative estimate of drug-likeness (QED) is 0.0268. The molecule has 0 aliphatic heterocycles. The van der Waals surface area contributed by atoms with Gasteiger partial charge in [-0.25, -0.2) is 17.9 Å². The van der Waals surface area contributed by atoms with Gasteiger partial charge in [0, 0.05) is 23.3 Å². The lowest BCUT2D eigenvalue weighted by Crippen LogP contribution is -2.29. The Morgan fingerprint density at radius 3 is 2.30 bits per heavy atom. The second-order valence-electron chi connectivity index (χ2n) is 10.6. The Balaban J connectivity index is 1.47. The van der Waals surface area contributed by atoms with Gasteiger partial charge in [-0.05, 0) is 47.9 Å². The third-order valence-corrected chi connectivity index (χ3v) is 10.6. The SMILES string of the molecule is O=S(=O)(CCOS(=O)(=O)O)CCN(c1ccccc1)c1nc(F)nc(Nc2ccc3cc(SOOO)c(N=Nc4ccccc4S(=O)(=O)O)c(O)c3c2)n1. The standard InChI is InChI=1S/C29H26FN7O13S4/c30-27-32-28(34-29(33-27)37(20-6-2-1-3-7-20)12-14-52(40,41)15-13-48-54(45,46)47)31-19-11-10-18-16-23(51-50-49-39)25(26(38)21(18)17-19)36-35-22-8-4-5-9-24(22)53(42,43)44/h1-11,16-17,38-39H,12-15H2,(H,42,43,44)(H,45,46,47)(H,31,32,33,34). The number of phenolic OH excluding ortho intramolecular Hbond substituents is 1. The molecule has 0 radical (unpaired) electrons. The van der Waals surface area contributed by atoms with Gasteiger partial charge in [-0.3, -0.25) is 9.11 Å². The summed E-state index contributed by atoms with van der Waals surface area (Å²) in [7, 11) is -13.5. The Bertz CT molecular complexity index is 2520. The highest BCUT2D eigenvalue weighted by Gasteiger charge is 2.22. The van der Waals surface area contributed by atoms with E-state index in [1.54, 1.807) is 30.3 Å². The molecule has 25 heteroatoms. The van der Waals surface area contributed by atoms with E-state index in [4.69, 9.17) is 9.81 Å². The van der Waals surface area contributed by atoms with Gasteiger partial charge in [0.2, 0.25) is 11.9 Å². The topological polar surface area (TPSA) is 290 Å². The molecule has 0 amide bonds. The summed E-state index contributed by atoms with van der Waals surface area (Å²) in [4.78, 5) is 12.4.